The van der Waals surface area contributed by atoms with Crippen molar-refractivity contribution < 1.29 is 22.7 Å². The molecule has 1 saturated heterocycles. The smallest absolute Gasteiger partial charge is 0.254 e. The van der Waals surface area contributed by atoms with Crippen LogP contribution >= 0.6 is 0 Å². The number of carbonyl (C=O) groups excluding carboxylic acids is 1. The van der Waals surface area contributed by atoms with E-state index in [0.717, 1.165) is 11.3 Å². The number of hydrogen-bond acceptors (Lipinski definition) is 5. The van der Waals surface area contributed by atoms with Crippen molar-refractivity contribution in [1.82, 2.24) is 9.21 Å². The van der Waals surface area contributed by atoms with Crippen molar-refractivity contribution in [2.45, 2.75) is 31.7 Å². The molecule has 1 amide bonds. The average Bonchev–Trinajstić information content (AvgIpc) is 2.82. The van der Waals surface area contributed by atoms with Gasteiger partial charge in [-0.05, 0) is 48.7 Å². The summed E-state index contributed by atoms with van der Waals surface area (Å²) < 4.78 is 38.4. The fourth-order valence-corrected chi connectivity index (χ4v) is 5.33. The molecule has 2 aromatic rings. The fraction of sp³-hybridized carbons (Fsp3) is 0.435. The van der Waals surface area contributed by atoms with E-state index < -0.39 is 10.0 Å². The molecule has 1 aliphatic heterocycles. The second kappa shape index (κ2) is 10.3. The number of nitrogens with zero attached hydrogens (tertiary/aromatic N) is 2. The molecule has 31 heavy (non-hydrogen) atoms. The molecule has 0 aliphatic carbocycles. The van der Waals surface area contributed by atoms with E-state index in [0.29, 0.717) is 56.9 Å². The molecule has 0 aromatic heterocycles. The number of hydrogen-bond donors (Lipinski definition) is 0. The van der Waals surface area contributed by atoms with Crippen LogP contribution in [0.15, 0.2) is 47.4 Å². The zero-order chi connectivity index (χ0) is 22.4. The van der Waals surface area contributed by atoms with Crippen molar-refractivity contribution in [1.29, 1.82) is 0 Å². The van der Waals surface area contributed by atoms with Gasteiger partial charge in [0, 0.05) is 31.7 Å². The molecule has 3 rings (SSSR count). The van der Waals surface area contributed by atoms with Crippen LogP contribution in [0.25, 0.3) is 0 Å². The number of amides is 1. The Bertz CT molecular complexity index is 999. The number of sulfonamides is 1. The first-order valence-electron chi connectivity index (χ1n) is 10.5. The van der Waals surface area contributed by atoms with Gasteiger partial charge in [-0.25, -0.2) is 8.42 Å². The Hall–Kier alpha value is -2.42. The molecule has 168 valence electrons. The third-order valence-corrected chi connectivity index (χ3v) is 7.47. The largest absolute Gasteiger partial charge is 0.497 e. The van der Waals surface area contributed by atoms with Crippen LogP contribution in [-0.4, -0.2) is 63.5 Å². The van der Waals surface area contributed by atoms with E-state index in [1.54, 1.807) is 24.1 Å². The van der Waals surface area contributed by atoms with Crippen LogP contribution in [0.2, 0.25) is 0 Å². The minimum Gasteiger partial charge on any atom is -0.497 e. The summed E-state index contributed by atoms with van der Waals surface area (Å²) in [4.78, 5) is 15.1. The van der Waals surface area contributed by atoms with Gasteiger partial charge in [-0.15, -0.1) is 0 Å². The molecule has 0 saturated carbocycles. The number of rotatable bonds is 8. The molecule has 0 radical (unpaired) electrons. The summed E-state index contributed by atoms with van der Waals surface area (Å²) in [5.74, 6) is 0.561. The van der Waals surface area contributed by atoms with E-state index in [9.17, 15) is 13.2 Å². The summed E-state index contributed by atoms with van der Waals surface area (Å²) in [6, 6.07) is 12.6. The molecular weight excluding hydrogens is 416 g/mol. The van der Waals surface area contributed by atoms with Crippen molar-refractivity contribution in [2.75, 3.05) is 40.0 Å². The summed E-state index contributed by atoms with van der Waals surface area (Å²) in [6.07, 6.45) is 0.566. The molecular formula is C23H30N2O5S. The van der Waals surface area contributed by atoms with Gasteiger partial charge in [-0.1, -0.05) is 25.1 Å². The number of ether oxygens (including phenoxy) is 2. The second-order valence-corrected chi connectivity index (χ2v) is 9.27. The Morgan fingerprint density at radius 3 is 2.35 bits per heavy atom. The highest BCUT2D eigenvalue weighted by Crippen LogP contribution is 2.24. The number of methoxy groups -OCH3 is 1. The van der Waals surface area contributed by atoms with E-state index >= 15 is 0 Å². The summed E-state index contributed by atoms with van der Waals surface area (Å²) in [5.41, 5.74) is 2.06. The van der Waals surface area contributed by atoms with Gasteiger partial charge in [0.1, 0.15) is 5.75 Å². The van der Waals surface area contributed by atoms with Crippen LogP contribution in [0.1, 0.15) is 35.3 Å². The van der Waals surface area contributed by atoms with Crippen molar-refractivity contribution in [2.24, 2.45) is 0 Å². The first kappa shape index (κ1) is 23.2. The number of aryl methyl sites for hydroxylation is 1. The standard InChI is InChI=1S/C23H30N2O5S/c1-4-19-8-9-20(16-22(19)31(27,28)25-12-14-30-15-13-25)23(26)24(5-2)17-18-6-10-21(29-3)11-7-18/h6-11,16H,4-5,12-15,17H2,1-3H3. The number of morpholine rings is 1. The molecule has 7 nitrogen and oxygen atoms in total. The van der Waals surface area contributed by atoms with Gasteiger partial charge in [0.25, 0.3) is 5.91 Å². The maximum atomic E-state index is 13.3. The normalized spacial score (nSPS) is 14.9. The minimum absolute atomic E-state index is 0.195. The van der Waals surface area contributed by atoms with Crippen LogP contribution in [0, 0.1) is 0 Å². The fourth-order valence-electron chi connectivity index (χ4n) is 3.61. The lowest BCUT2D eigenvalue weighted by atomic mass is 10.1. The third kappa shape index (κ3) is 5.26. The van der Waals surface area contributed by atoms with Crippen molar-refractivity contribution in [3.05, 3.63) is 59.2 Å². The Labute approximate surface area is 184 Å². The molecule has 1 fully saturated rings. The molecule has 0 spiro atoms. The maximum Gasteiger partial charge on any atom is 0.254 e. The summed E-state index contributed by atoms with van der Waals surface area (Å²) >= 11 is 0. The van der Waals surface area contributed by atoms with Crippen molar-refractivity contribution >= 4 is 15.9 Å². The van der Waals surface area contributed by atoms with Crippen LogP contribution in [0.3, 0.4) is 0 Å². The van der Waals surface area contributed by atoms with E-state index in [1.165, 1.54) is 10.4 Å². The Morgan fingerprint density at radius 1 is 1.10 bits per heavy atom. The first-order valence-corrected chi connectivity index (χ1v) is 12.0. The molecule has 0 unspecified atom stereocenters. The Balaban J connectivity index is 1.88. The lowest BCUT2D eigenvalue weighted by Gasteiger charge is -2.27. The lowest BCUT2D eigenvalue weighted by molar-refractivity contribution is 0.0729. The molecule has 1 aliphatic rings. The molecule has 0 N–H and O–H groups in total. The predicted molar refractivity (Wildman–Crippen MR) is 119 cm³/mol. The van der Waals surface area contributed by atoms with Crippen LogP contribution in [0.5, 0.6) is 5.75 Å². The Morgan fingerprint density at radius 2 is 1.77 bits per heavy atom. The minimum atomic E-state index is -3.69. The summed E-state index contributed by atoms with van der Waals surface area (Å²) in [5, 5.41) is 0. The molecule has 0 bridgehead atoms. The molecule has 1 heterocycles. The van der Waals surface area contributed by atoms with E-state index in [2.05, 4.69) is 0 Å². The van der Waals surface area contributed by atoms with Gasteiger partial charge in [0.05, 0.1) is 25.2 Å². The molecule has 0 atom stereocenters. The topological polar surface area (TPSA) is 76.2 Å². The zero-order valence-electron chi connectivity index (χ0n) is 18.3. The first-order chi connectivity index (χ1) is 14.9. The van der Waals surface area contributed by atoms with Gasteiger partial charge in [-0.2, -0.15) is 4.31 Å². The monoisotopic (exact) mass is 446 g/mol. The third-order valence-electron chi connectivity index (χ3n) is 5.48. The lowest BCUT2D eigenvalue weighted by Crippen LogP contribution is -2.41. The Kier molecular flexibility index (Phi) is 7.69. The maximum absolute atomic E-state index is 13.3. The highest BCUT2D eigenvalue weighted by molar-refractivity contribution is 7.89. The van der Waals surface area contributed by atoms with E-state index in [4.69, 9.17) is 9.47 Å². The van der Waals surface area contributed by atoms with Gasteiger partial charge in [0.2, 0.25) is 10.0 Å². The van der Waals surface area contributed by atoms with Gasteiger partial charge in [0.15, 0.2) is 0 Å². The van der Waals surface area contributed by atoms with Crippen LogP contribution in [0.4, 0.5) is 0 Å². The predicted octanol–water partition coefficient (Wildman–Crippen LogP) is 2.94. The second-order valence-electron chi connectivity index (χ2n) is 7.36. The van der Waals surface area contributed by atoms with Crippen LogP contribution in [-0.2, 0) is 27.7 Å². The van der Waals surface area contributed by atoms with Crippen molar-refractivity contribution in [3.8, 4) is 5.75 Å². The number of carbonyl (C=O) groups is 1. The average molecular weight is 447 g/mol. The molecule has 2 aromatic carbocycles. The summed E-state index contributed by atoms with van der Waals surface area (Å²) in [6.45, 7) is 6.16. The highest BCUT2D eigenvalue weighted by Gasteiger charge is 2.29. The summed E-state index contributed by atoms with van der Waals surface area (Å²) in [7, 11) is -2.08. The zero-order valence-corrected chi connectivity index (χ0v) is 19.2. The quantitative estimate of drug-likeness (QED) is 0.623. The highest BCUT2D eigenvalue weighted by atomic mass is 32.2. The van der Waals surface area contributed by atoms with Crippen molar-refractivity contribution in [3.63, 3.8) is 0 Å². The number of benzene rings is 2. The van der Waals surface area contributed by atoms with Crippen LogP contribution < -0.4 is 4.74 Å². The molecule has 8 heteroatoms. The SMILES string of the molecule is CCc1ccc(C(=O)N(CC)Cc2ccc(OC)cc2)cc1S(=O)(=O)N1CCOCC1. The van der Waals surface area contributed by atoms with E-state index in [-0.39, 0.29) is 10.8 Å². The van der Waals surface area contributed by atoms with E-state index in [1.807, 2.05) is 38.1 Å². The van der Waals surface area contributed by atoms with Gasteiger partial charge >= 0.3 is 0 Å². The van der Waals surface area contributed by atoms with Gasteiger partial charge < -0.3 is 14.4 Å². The van der Waals surface area contributed by atoms with Gasteiger partial charge in [-0.3, -0.25) is 4.79 Å².